The van der Waals surface area contributed by atoms with Gasteiger partial charge in [-0.3, -0.25) is 14.4 Å². The number of nitrogens with zero attached hydrogens (tertiary/aromatic N) is 2. The minimum atomic E-state index is -0.706. The lowest BCUT2D eigenvalue weighted by molar-refractivity contribution is -0.147. The Labute approximate surface area is 246 Å². The summed E-state index contributed by atoms with van der Waals surface area (Å²) in [6.45, 7) is 12.6. The molecule has 3 amide bonds. The predicted molar refractivity (Wildman–Crippen MR) is 165 cm³/mol. The zero-order valence-corrected chi connectivity index (χ0v) is 25.7. The summed E-state index contributed by atoms with van der Waals surface area (Å²) in [6.07, 6.45) is 4.60. The highest BCUT2D eigenvalue weighted by Gasteiger charge is 2.39. The zero-order chi connectivity index (χ0) is 28.4. The Balaban J connectivity index is 0.00000560. The molecular formula is C32H49ClN4O3. The normalized spacial score (nSPS) is 16.6. The van der Waals surface area contributed by atoms with E-state index in [-0.39, 0.29) is 36.2 Å². The van der Waals surface area contributed by atoms with Gasteiger partial charge in [0.25, 0.3) is 0 Å². The summed E-state index contributed by atoms with van der Waals surface area (Å²) < 4.78 is 0. The van der Waals surface area contributed by atoms with Crippen LogP contribution in [0.3, 0.4) is 0 Å². The third-order valence-corrected chi connectivity index (χ3v) is 7.96. The molecule has 2 N–H and O–H groups in total. The maximum atomic E-state index is 13.7. The largest absolute Gasteiger partial charge is 0.354 e. The van der Waals surface area contributed by atoms with E-state index < -0.39 is 12.2 Å². The molecular weight excluding hydrogens is 524 g/mol. The van der Waals surface area contributed by atoms with Crippen LogP contribution in [-0.4, -0.2) is 65.9 Å². The van der Waals surface area contributed by atoms with Crippen molar-refractivity contribution >= 4 is 41.4 Å². The van der Waals surface area contributed by atoms with Crippen molar-refractivity contribution in [2.45, 2.75) is 91.4 Å². The summed E-state index contributed by atoms with van der Waals surface area (Å²) in [5.74, 6) is 0.413. The molecule has 1 fully saturated rings. The second kappa shape index (κ2) is 16.6. The molecule has 0 aliphatic carbocycles. The number of amides is 3. The summed E-state index contributed by atoms with van der Waals surface area (Å²) in [4.78, 5) is 43.2. The number of hydrogen-bond donors (Lipinski definition) is 2. The van der Waals surface area contributed by atoms with Gasteiger partial charge in [-0.25, -0.2) is 0 Å². The standard InChI is InChI=1S/C32H48N4O3.ClH/c1-6-26(7-2)32(39)35-18-10-13-30(35)36(22-37)29(31(38)33-17-16-24(5)34-21-23(3)4)20-25-14-15-27-11-8-9-12-28(27)19-25;/h8-9,11-12,14-15,19,22-24,26,29-30,34H,6-7,10,13,16-18,20-21H2,1-5H3,(H,33,38);1H/t24?,29-,30?;/m1./s1. The molecule has 0 radical (unpaired) electrons. The molecule has 1 aliphatic rings. The topological polar surface area (TPSA) is 81.8 Å². The number of likely N-dealkylation sites (tertiary alicyclic amines) is 1. The lowest BCUT2D eigenvalue weighted by Gasteiger charge is -2.38. The number of carbonyl (C=O) groups is 3. The highest BCUT2D eigenvalue weighted by molar-refractivity contribution is 5.86. The van der Waals surface area contributed by atoms with E-state index in [1.165, 1.54) is 0 Å². The van der Waals surface area contributed by atoms with Crippen molar-refractivity contribution in [3.8, 4) is 0 Å². The first kappa shape index (κ1) is 33.6. The van der Waals surface area contributed by atoms with Gasteiger partial charge in [-0.2, -0.15) is 0 Å². The van der Waals surface area contributed by atoms with Gasteiger partial charge in [0.2, 0.25) is 18.2 Å². The van der Waals surface area contributed by atoms with Gasteiger partial charge in [-0.1, -0.05) is 70.2 Å². The van der Waals surface area contributed by atoms with Crippen LogP contribution in [0.5, 0.6) is 0 Å². The quantitative estimate of drug-likeness (QED) is 0.289. The lowest BCUT2D eigenvalue weighted by atomic mass is 9.99. The smallest absolute Gasteiger partial charge is 0.243 e. The Hall–Kier alpha value is -2.64. The summed E-state index contributed by atoms with van der Waals surface area (Å²) in [5.41, 5.74) is 0.989. The molecule has 8 heteroatoms. The molecule has 40 heavy (non-hydrogen) atoms. The van der Waals surface area contributed by atoms with Gasteiger partial charge >= 0.3 is 0 Å². The molecule has 222 valence electrons. The fourth-order valence-electron chi connectivity index (χ4n) is 5.53. The molecule has 1 heterocycles. The number of hydrogen-bond acceptors (Lipinski definition) is 4. The van der Waals surface area contributed by atoms with Crippen molar-refractivity contribution in [3.05, 3.63) is 48.0 Å². The van der Waals surface area contributed by atoms with Gasteiger partial charge in [0, 0.05) is 31.5 Å². The van der Waals surface area contributed by atoms with Crippen molar-refractivity contribution in [1.29, 1.82) is 0 Å². The first-order valence-corrected chi connectivity index (χ1v) is 14.8. The van der Waals surface area contributed by atoms with Gasteiger partial charge in [0.05, 0.1) is 0 Å². The van der Waals surface area contributed by atoms with E-state index in [1.54, 1.807) is 4.90 Å². The molecule has 7 nitrogen and oxygen atoms in total. The van der Waals surface area contributed by atoms with Crippen molar-refractivity contribution in [1.82, 2.24) is 20.4 Å². The molecule has 0 aromatic heterocycles. The Bertz CT molecular complexity index is 1090. The van der Waals surface area contributed by atoms with Gasteiger partial charge in [0.15, 0.2) is 0 Å². The number of rotatable bonds is 15. The summed E-state index contributed by atoms with van der Waals surface area (Å²) >= 11 is 0. The van der Waals surface area contributed by atoms with Crippen LogP contribution in [0.2, 0.25) is 0 Å². The SMILES string of the molecule is CCC(CC)C(=O)N1CCCC1N(C=O)[C@H](Cc1ccc2ccccc2c1)C(=O)NCCC(C)NCC(C)C.Cl. The monoisotopic (exact) mass is 572 g/mol. The van der Waals surface area contributed by atoms with E-state index in [0.29, 0.717) is 31.8 Å². The third kappa shape index (κ3) is 8.93. The number of carbonyl (C=O) groups excluding carboxylic acids is 3. The minimum Gasteiger partial charge on any atom is -0.354 e. The van der Waals surface area contributed by atoms with E-state index in [1.807, 2.05) is 36.9 Å². The molecule has 0 spiro atoms. The molecule has 3 rings (SSSR count). The molecule has 2 aromatic rings. The van der Waals surface area contributed by atoms with Gasteiger partial charge < -0.3 is 20.4 Å². The molecule has 3 atom stereocenters. The zero-order valence-electron chi connectivity index (χ0n) is 24.9. The first-order valence-electron chi connectivity index (χ1n) is 14.8. The van der Waals surface area contributed by atoms with Crippen molar-refractivity contribution in [3.63, 3.8) is 0 Å². The van der Waals surface area contributed by atoms with Gasteiger partial charge in [-0.05, 0) is 67.8 Å². The van der Waals surface area contributed by atoms with Crippen molar-refractivity contribution < 1.29 is 14.4 Å². The van der Waals surface area contributed by atoms with E-state index in [0.717, 1.165) is 55.0 Å². The average Bonchev–Trinajstić information content (AvgIpc) is 3.42. The van der Waals surface area contributed by atoms with Crippen LogP contribution in [0, 0.1) is 11.8 Å². The van der Waals surface area contributed by atoms with Crippen molar-refractivity contribution in [2.75, 3.05) is 19.6 Å². The van der Waals surface area contributed by atoms with E-state index in [4.69, 9.17) is 0 Å². The molecule has 0 bridgehead atoms. The van der Waals surface area contributed by atoms with Crippen LogP contribution >= 0.6 is 12.4 Å². The predicted octanol–water partition coefficient (Wildman–Crippen LogP) is 5.16. The summed E-state index contributed by atoms with van der Waals surface area (Å²) in [7, 11) is 0. The maximum absolute atomic E-state index is 13.7. The molecule has 0 saturated carbocycles. The van der Waals surface area contributed by atoms with Crippen LogP contribution in [0.1, 0.15) is 72.3 Å². The Kier molecular flexibility index (Phi) is 13.9. The number of benzene rings is 2. The molecule has 2 aromatic carbocycles. The third-order valence-electron chi connectivity index (χ3n) is 7.96. The number of fused-ring (bicyclic) bond motifs is 1. The Morgan fingerprint density at radius 3 is 2.42 bits per heavy atom. The number of nitrogens with one attached hydrogen (secondary N) is 2. The first-order chi connectivity index (χ1) is 18.8. The van der Waals surface area contributed by atoms with E-state index in [2.05, 4.69) is 55.7 Å². The fourth-order valence-corrected chi connectivity index (χ4v) is 5.53. The van der Waals surface area contributed by atoms with Crippen LogP contribution in [0.4, 0.5) is 0 Å². The Morgan fingerprint density at radius 1 is 1.07 bits per heavy atom. The van der Waals surface area contributed by atoms with Crippen LogP contribution < -0.4 is 10.6 Å². The summed E-state index contributed by atoms with van der Waals surface area (Å²) in [5, 5.41) is 8.84. The van der Waals surface area contributed by atoms with Crippen LogP contribution in [0.15, 0.2) is 42.5 Å². The molecule has 1 saturated heterocycles. The van der Waals surface area contributed by atoms with Crippen LogP contribution in [0.25, 0.3) is 10.8 Å². The van der Waals surface area contributed by atoms with E-state index in [9.17, 15) is 14.4 Å². The average molecular weight is 573 g/mol. The molecule has 1 aliphatic heterocycles. The van der Waals surface area contributed by atoms with Crippen molar-refractivity contribution in [2.24, 2.45) is 11.8 Å². The minimum absolute atomic E-state index is 0. The number of halogens is 1. The second-order valence-electron chi connectivity index (χ2n) is 11.4. The lowest BCUT2D eigenvalue weighted by Crippen LogP contribution is -2.57. The highest BCUT2D eigenvalue weighted by Crippen LogP contribution is 2.27. The fraction of sp³-hybridized carbons (Fsp3) is 0.594. The second-order valence-corrected chi connectivity index (χ2v) is 11.4. The van der Waals surface area contributed by atoms with E-state index >= 15 is 0 Å². The maximum Gasteiger partial charge on any atom is 0.243 e. The summed E-state index contributed by atoms with van der Waals surface area (Å²) in [6, 6.07) is 13.9. The van der Waals surface area contributed by atoms with Gasteiger partial charge in [-0.15, -0.1) is 12.4 Å². The Morgan fingerprint density at radius 2 is 1.77 bits per heavy atom. The van der Waals surface area contributed by atoms with Gasteiger partial charge in [0.1, 0.15) is 12.2 Å². The molecule has 2 unspecified atom stereocenters. The van der Waals surface area contributed by atoms with Crippen LogP contribution in [-0.2, 0) is 20.8 Å². The highest BCUT2D eigenvalue weighted by atomic mass is 35.5.